The van der Waals surface area contributed by atoms with Gasteiger partial charge < -0.3 is 10.3 Å². The molecule has 1 aromatic rings. The van der Waals surface area contributed by atoms with Gasteiger partial charge in [0.15, 0.2) is 0 Å². The first-order valence-corrected chi connectivity index (χ1v) is 5.08. The molecule has 84 valence electrons. The number of aryl methyl sites for hydroxylation is 1. The Kier molecular flexibility index (Phi) is 4.30. The molecule has 0 aliphatic heterocycles. The number of hydrogen-bond acceptors (Lipinski definition) is 4. The van der Waals surface area contributed by atoms with E-state index in [1.165, 1.54) is 0 Å². The summed E-state index contributed by atoms with van der Waals surface area (Å²) in [5.74, 6) is 0.396. The molecule has 1 rings (SSSR count). The summed E-state index contributed by atoms with van der Waals surface area (Å²) in [5.41, 5.74) is 7.01. The molecule has 0 fully saturated rings. The number of nitrogens with zero attached hydrogens (tertiary/aromatic N) is 1. The second-order valence-electron chi connectivity index (χ2n) is 3.52. The second kappa shape index (κ2) is 5.50. The molecule has 1 heterocycles. The summed E-state index contributed by atoms with van der Waals surface area (Å²) >= 11 is 0. The largest absolute Gasteiger partial charge is 0.338 e. The smallest absolute Gasteiger partial charge is 0.234 e. The molecule has 0 aliphatic carbocycles. The van der Waals surface area contributed by atoms with Crippen molar-refractivity contribution in [1.82, 2.24) is 5.16 Å². The number of nitrogens with two attached hydrogens (primary N) is 1. The fourth-order valence-electron chi connectivity index (χ4n) is 1.15. The van der Waals surface area contributed by atoms with E-state index in [-0.39, 0.29) is 5.91 Å². The van der Waals surface area contributed by atoms with Gasteiger partial charge in [0, 0.05) is 12.0 Å². The van der Waals surface area contributed by atoms with Crippen LogP contribution in [0, 0.1) is 13.8 Å². The van der Waals surface area contributed by atoms with Crippen molar-refractivity contribution in [2.24, 2.45) is 5.73 Å². The van der Waals surface area contributed by atoms with Crippen molar-refractivity contribution in [3.63, 3.8) is 0 Å². The topological polar surface area (TPSA) is 81.2 Å². The molecule has 0 aromatic carbocycles. The Morgan fingerprint density at radius 1 is 1.47 bits per heavy atom. The van der Waals surface area contributed by atoms with Crippen molar-refractivity contribution in [2.45, 2.75) is 33.1 Å². The van der Waals surface area contributed by atoms with E-state index in [0.29, 0.717) is 18.8 Å². The molecule has 0 radical (unpaired) electrons. The Morgan fingerprint density at radius 2 is 2.20 bits per heavy atom. The molecule has 0 atom stereocenters. The number of aromatic nitrogens is 1. The first kappa shape index (κ1) is 11.7. The van der Waals surface area contributed by atoms with E-state index in [1.807, 2.05) is 13.8 Å². The molecule has 0 spiro atoms. The number of rotatable bonds is 5. The zero-order chi connectivity index (χ0) is 11.3. The van der Waals surface area contributed by atoms with Crippen LogP contribution in [0.5, 0.6) is 0 Å². The maximum absolute atomic E-state index is 11.4. The van der Waals surface area contributed by atoms with E-state index in [9.17, 15) is 4.79 Å². The van der Waals surface area contributed by atoms with Crippen LogP contribution in [-0.4, -0.2) is 17.6 Å². The summed E-state index contributed by atoms with van der Waals surface area (Å²) in [4.78, 5) is 11.4. The van der Waals surface area contributed by atoms with Crippen molar-refractivity contribution in [2.75, 3.05) is 11.9 Å². The Labute approximate surface area is 89.0 Å². The highest BCUT2D eigenvalue weighted by molar-refractivity contribution is 5.89. The Balaban J connectivity index is 2.41. The Hall–Kier alpha value is -1.36. The van der Waals surface area contributed by atoms with Gasteiger partial charge in [-0.3, -0.25) is 10.1 Å². The van der Waals surface area contributed by atoms with E-state index < -0.39 is 0 Å². The van der Waals surface area contributed by atoms with Gasteiger partial charge in [-0.25, -0.2) is 0 Å². The average Bonchev–Trinajstić information content (AvgIpc) is 2.50. The van der Waals surface area contributed by atoms with Crippen molar-refractivity contribution in [3.8, 4) is 0 Å². The lowest BCUT2D eigenvalue weighted by molar-refractivity contribution is -0.116. The predicted molar refractivity (Wildman–Crippen MR) is 57.5 cm³/mol. The summed E-state index contributed by atoms with van der Waals surface area (Å²) < 4.78 is 4.97. The lowest BCUT2D eigenvalue weighted by Gasteiger charge is -2.01. The summed E-state index contributed by atoms with van der Waals surface area (Å²) in [5, 5.41) is 6.44. The van der Waals surface area contributed by atoms with Crippen LogP contribution in [0.2, 0.25) is 0 Å². The summed E-state index contributed by atoms with van der Waals surface area (Å²) in [6.07, 6.45) is 2.13. The van der Waals surface area contributed by atoms with E-state index in [0.717, 1.165) is 24.1 Å². The van der Waals surface area contributed by atoms with Crippen molar-refractivity contribution < 1.29 is 9.32 Å². The Morgan fingerprint density at radius 3 is 2.73 bits per heavy atom. The first-order chi connectivity index (χ1) is 7.15. The molecule has 15 heavy (non-hydrogen) atoms. The molecular weight excluding hydrogens is 194 g/mol. The number of nitrogens with one attached hydrogen (secondary N) is 1. The minimum atomic E-state index is -0.0531. The lowest BCUT2D eigenvalue weighted by atomic mass is 10.2. The quantitative estimate of drug-likeness (QED) is 0.720. The van der Waals surface area contributed by atoms with E-state index in [4.69, 9.17) is 10.3 Å². The molecule has 0 bridgehead atoms. The number of carbonyl (C=O) groups excluding carboxylic acids is 1. The van der Waals surface area contributed by atoms with Gasteiger partial charge in [0.2, 0.25) is 11.8 Å². The van der Waals surface area contributed by atoms with Crippen LogP contribution in [0.3, 0.4) is 0 Å². The van der Waals surface area contributed by atoms with Crippen molar-refractivity contribution in [3.05, 3.63) is 11.3 Å². The van der Waals surface area contributed by atoms with E-state index in [1.54, 1.807) is 0 Å². The standard InChI is InChI=1S/C10H17N3O2/c1-7-8(2)13-15-10(7)12-9(14)5-3-4-6-11/h3-6,11H2,1-2H3,(H,12,14). The molecule has 1 aromatic heterocycles. The number of carbonyl (C=O) groups is 1. The highest BCUT2D eigenvalue weighted by Gasteiger charge is 2.10. The van der Waals surface area contributed by atoms with E-state index in [2.05, 4.69) is 10.5 Å². The number of hydrogen-bond donors (Lipinski definition) is 2. The van der Waals surface area contributed by atoms with Gasteiger partial charge in [0.25, 0.3) is 0 Å². The molecule has 0 saturated carbocycles. The molecule has 1 amide bonds. The van der Waals surface area contributed by atoms with Crippen LogP contribution in [0.25, 0.3) is 0 Å². The maximum atomic E-state index is 11.4. The van der Waals surface area contributed by atoms with Gasteiger partial charge in [-0.2, -0.15) is 0 Å². The van der Waals surface area contributed by atoms with Gasteiger partial charge in [0.1, 0.15) is 0 Å². The number of anilines is 1. The second-order valence-corrected chi connectivity index (χ2v) is 3.52. The highest BCUT2D eigenvalue weighted by atomic mass is 16.5. The van der Waals surface area contributed by atoms with Crippen LogP contribution >= 0.6 is 0 Å². The van der Waals surface area contributed by atoms with Crippen LogP contribution in [-0.2, 0) is 4.79 Å². The SMILES string of the molecule is Cc1noc(NC(=O)CCCCN)c1C. The van der Waals surface area contributed by atoms with Crippen LogP contribution in [0.15, 0.2) is 4.52 Å². The fourth-order valence-corrected chi connectivity index (χ4v) is 1.15. The highest BCUT2D eigenvalue weighted by Crippen LogP contribution is 2.17. The van der Waals surface area contributed by atoms with E-state index >= 15 is 0 Å². The molecule has 5 heteroatoms. The van der Waals surface area contributed by atoms with Gasteiger partial charge >= 0.3 is 0 Å². The predicted octanol–water partition coefficient (Wildman–Crippen LogP) is 1.36. The normalized spacial score (nSPS) is 10.3. The fraction of sp³-hybridized carbons (Fsp3) is 0.600. The molecule has 5 nitrogen and oxygen atoms in total. The summed E-state index contributed by atoms with van der Waals surface area (Å²) in [6, 6.07) is 0. The third-order valence-electron chi connectivity index (χ3n) is 2.27. The molecule has 0 aliphatic rings. The average molecular weight is 211 g/mol. The van der Waals surface area contributed by atoms with Gasteiger partial charge in [-0.05, 0) is 33.2 Å². The van der Waals surface area contributed by atoms with Crippen molar-refractivity contribution >= 4 is 11.8 Å². The van der Waals surface area contributed by atoms with Crippen LogP contribution < -0.4 is 11.1 Å². The minimum Gasteiger partial charge on any atom is -0.338 e. The maximum Gasteiger partial charge on any atom is 0.234 e. The van der Waals surface area contributed by atoms with Crippen molar-refractivity contribution in [1.29, 1.82) is 0 Å². The third-order valence-corrected chi connectivity index (χ3v) is 2.27. The molecule has 0 saturated heterocycles. The van der Waals surface area contributed by atoms with Gasteiger partial charge in [-0.1, -0.05) is 5.16 Å². The lowest BCUT2D eigenvalue weighted by Crippen LogP contribution is -2.12. The molecule has 0 unspecified atom stereocenters. The molecule has 3 N–H and O–H groups in total. The van der Waals surface area contributed by atoms with Crippen LogP contribution in [0.4, 0.5) is 5.88 Å². The number of unbranched alkanes of at least 4 members (excludes halogenated alkanes) is 1. The zero-order valence-electron chi connectivity index (χ0n) is 9.17. The number of amides is 1. The zero-order valence-corrected chi connectivity index (χ0v) is 9.17. The monoisotopic (exact) mass is 211 g/mol. The summed E-state index contributed by atoms with van der Waals surface area (Å²) in [6.45, 7) is 4.32. The molecular formula is C10H17N3O2. The Bertz CT molecular complexity index is 333. The van der Waals surface area contributed by atoms with Gasteiger partial charge in [0.05, 0.1) is 5.69 Å². The first-order valence-electron chi connectivity index (χ1n) is 5.08. The third kappa shape index (κ3) is 3.36. The van der Waals surface area contributed by atoms with Crippen LogP contribution in [0.1, 0.15) is 30.5 Å². The summed E-state index contributed by atoms with van der Waals surface area (Å²) in [7, 11) is 0. The van der Waals surface area contributed by atoms with Gasteiger partial charge in [-0.15, -0.1) is 0 Å². The minimum absolute atomic E-state index is 0.0531.